The minimum Gasteiger partial charge on any atom is -0.351 e. The van der Waals surface area contributed by atoms with Crippen LogP contribution >= 0.6 is 0 Å². The van der Waals surface area contributed by atoms with E-state index in [1.165, 1.54) is 5.56 Å². The normalized spacial score (nSPS) is 20.6. The van der Waals surface area contributed by atoms with Crippen LogP contribution in [0.1, 0.15) is 72.0 Å². The van der Waals surface area contributed by atoms with E-state index in [4.69, 9.17) is 9.51 Å². The fourth-order valence-electron chi connectivity index (χ4n) is 3.71. The molecule has 2 aliphatic rings. The summed E-state index contributed by atoms with van der Waals surface area (Å²) in [4.78, 5) is 26.4. The van der Waals surface area contributed by atoms with Crippen LogP contribution in [0, 0.1) is 0 Å². The van der Waals surface area contributed by atoms with E-state index in [9.17, 15) is 4.79 Å². The van der Waals surface area contributed by atoms with Crippen molar-refractivity contribution in [3.63, 3.8) is 0 Å². The van der Waals surface area contributed by atoms with E-state index in [-0.39, 0.29) is 17.9 Å². The Morgan fingerprint density at radius 2 is 2.19 bits per heavy atom. The number of rotatable bonds is 3. The summed E-state index contributed by atoms with van der Waals surface area (Å²) in [6, 6.07) is 1.67. The van der Waals surface area contributed by atoms with Gasteiger partial charge in [0.25, 0.3) is 5.91 Å². The molecular formula is C19H25N5O2. The lowest BCUT2D eigenvalue weighted by atomic mass is 10.1. The number of fused-ring (bicyclic) bond motifs is 1. The molecule has 1 fully saturated rings. The maximum absolute atomic E-state index is 12.9. The van der Waals surface area contributed by atoms with Crippen molar-refractivity contribution in [2.45, 2.75) is 51.6 Å². The highest BCUT2D eigenvalue weighted by Crippen LogP contribution is 2.32. The van der Waals surface area contributed by atoms with Crippen molar-refractivity contribution in [2.24, 2.45) is 0 Å². The molecule has 0 saturated carbocycles. The molecule has 0 radical (unpaired) electrons. The summed E-state index contributed by atoms with van der Waals surface area (Å²) in [5, 5.41) is 4.01. The van der Waals surface area contributed by atoms with Gasteiger partial charge in [-0.05, 0) is 25.8 Å². The van der Waals surface area contributed by atoms with Gasteiger partial charge in [-0.15, -0.1) is 0 Å². The average Bonchev–Trinajstić information content (AvgIpc) is 3.30. The molecule has 1 amide bonds. The second kappa shape index (κ2) is 6.79. The molecule has 0 aromatic carbocycles. The Balaban J connectivity index is 1.57. The van der Waals surface area contributed by atoms with E-state index >= 15 is 0 Å². The molecular weight excluding hydrogens is 330 g/mol. The standard InChI is InChI=1S/C19H25N5O2/c1-12(2)15-9-17(26-22-15)19(25)24-7-4-5-16(24)18-20-10-13-11-23(3)8-6-14(13)21-18/h9-10,12,16H,4-8,11H2,1-3H3/t16-/m1/s1. The molecule has 7 heteroatoms. The Kier molecular flexibility index (Phi) is 4.48. The number of amides is 1. The van der Waals surface area contributed by atoms with Gasteiger partial charge < -0.3 is 14.3 Å². The summed E-state index contributed by atoms with van der Waals surface area (Å²) in [6.45, 7) is 6.66. The van der Waals surface area contributed by atoms with E-state index in [1.807, 2.05) is 24.9 Å². The predicted octanol–water partition coefficient (Wildman–Crippen LogP) is 2.55. The number of hydrogen-bond donors (Lipinski definition) is 0. The first-order valence-electron chi connectivity index (χ1n) is 9.33. The van der Waals surface area contributed by atoms with Gasteiger partial charge in [-0.3, -0.25) is 4.79 Å². The first-order valence-corrected chi connectivity index (χ1v) is 9.33. The molecule has 1 saturated heterocycles. The highest BCUT2D eigenvalue weighted by Gasteiger charge is 2.35. The van der Waals surface area contributed by atoms with Gasteiger partial charge in [0.1, 0.15) is 0 Å². The van der Waals surface area contributed by atoms with Gasteiger partial charge in [0.15, 0.2) is 5.82 Å². The van der Waals surface area contributed by atoms with Crippen LogP contribution in [0.15, 0.2) is 16.8 Å². The van der Waals surface area contributed by atoms with Crippen LogP contribution in [-0.2, 0) is 13.0 Å². The minimum absolute atomic E-state index is 0.0833. The van der Waals surface area contributed by atoms with Crippen LogP contribution in [0.25, 0.3) is 0 Å². The van der Waals surface area contributed by atoms with E-state index in [2.05, 4.69) is 22.1 Å². The van der Waals surface area contributed by atoms with E-state index in [1.54, 1.807) is 6.07 Å². The topological polar surface area (TPSA) is 75.4 Å². The quantitative estimate of drug-likeness (QED) is 0.842. The third-order valence-corrected chi connectivity index (χ3v) is 5.29. The van der Waals surface area contributed by atoms with Gasteiger partial charge in [-0.1, -0.05) is 19.0 Å². The van der Waals surface area contributed by atoms with E-state index < -0.39 is 0 Å². The summed E-state index contributed by atoms with van der Waals surface area (Å²) < 4.78 is 5.30. The molecule has 4 heterocycles. The molecule has 2 aliphatic heterocycles. The van der Waals surface area contributed by atoms with Crippen molar-refractivity contribution in [2.75, 3.05) is 20.1 Å². The smallest absolute Gasteiger partial charge is 0.293 e. The van der Waals surface area contributed by atoms with Gasteiger partial charge in [0, 0.05) is 49.6 Å². The number of aromatic nitrogens is 3. The number of carbonyl (C=O) groups is 1. The van der Waals surface area contributed by atoms with Gasteiger partial charge >= 0.3 is 0 Å². The molecule has 0 N–H and O–H groups in total. The van der Waals surface area contributed by atoms with Crippen LogP contribution in [0.5, 0.6) is 0 Å². The summed E-state index contributed by atoms with van der Waals surface area (Å²) in [7, 11) is 2.11. The van der Waals surface area contributed by atoms with E-state index in [0.717, 1.165) is 49.6 Å². The summed E-state index contributed by atoms with van der Waals surface area (Å²) in [6.07, 6.45) is 4.70. The van der Waals surface area contributed by atoms with Crippen molar-refractivity contribution < 1.29 is 9.32 Å². The molecule has 0 spiro atoms. The van der Waals surface area contributed by atoms with Crippen LogP contribution in [0.4, 0.5) is 0 Å². The van der Waals surface area contributed by atoms with Crippen molar-refractivity contribution in [1.82, 2.24) is 24.9 Å². The molecule has 0 unspecified atom stereocenters. The zero-order chi connectivity index (χ0) is 18.3. The van der Waals surface area contributed by atoms with Crippen LogP contribution in [0.2, 0.25) is 0 Å². The lowest BCUT2D eigenvalue weighted by Gasteiger charge is -2.26. The molecule has 2 aromatic rings. The largest absolute Gasteiger partial charge is 0.351 e. The summed E-state index contributed by atoms with van der Waals surface area (Å²) in [5.41, 5.74) is 3.11. The maximum Gasteiger partial charge on any atom is 0.293 e. The van der Waals surface area contributed by atoms with Crippen LogP contribution < -0.4 is 0 Å². The maximum atomic E-state index is 12.9. The molecule has 0 aliphatic carbocycles. The van der Waals surface area contributed by atoms with Gasteiger partial charge in [0.2, 0.25) is 5.76 Å². The van der Waals surface area contributed by atoms with Gasteiger partial charge in [-0.2, -0.15) is 0 Å². The molecule has 4 rings (SSSR count). The predicted molar refractivity (Wildman–Crippen MR) is 95.7 cm³/mol. The number of carbonyl (C=O) groups excluding carboxylic acids is 1. The number of likely N-dealkylation sites (N-methyl/N-ethyl adjacent to an activating group) is 1. The Morgan fingerprint density at radius 1 is 1.35 bits per heavy atom. The van der Waals surface area contributed by atoms with Crippen LogP contribution in [0.3, 0.4) is 0 Å². The Hall–Kier alpha value is -2.28. The minimum atomic E-state index is -0.118. The lowest BCUT2D eigenvalue weighted by Crippen LogP contribution is -2.32. The number of likely N-dealkylation sites (tertiary alicyclic amines) is 1. The zero-order valence-electron chi connectivity index (χ0n) is 15.6. The first-order chi connectivity index (χ1) is 12.5. The summed E-state index contributed by atoms with van der Waals surface area (Å²) >= 11 is 0. The highest BCUT2D eigenvalue weighted by molar-refractivity contribution is 5.92. The third kappa shape index (κ3) is 3.11. The average molecular weight is 355 g/mol. The Bertz CT molecular complexity index is 816. The van der Waals surface area contributed by atoms with Crippen molar-refractivity contribution in [3.8, 4) is 0 Å². The van der Waals surface area contributed by atoms with Crippen LogP contribution in [-0.4, -0.2) is 51.0 Å². The molecule has 26 heavy (non-hydrogen) atoms. The Labute approximate surface area is 153 Å². The monoisotopic (exact) mass is 355 g/mol. The zero-order valence-corrected chi connectivity index (χ0v) is 15.6. The molecule has 1 atom stereocenters. The highest BCUT2D eigenvalue weighted by atomic mass is 16.5. The van der Waals surface area contributed by atoms with Crippen molar-refractivity contribution in [1.29, 1.82) is 0 Å². The number of nitrogens with zero attached hydrogens (tertiary/aromatic N) is 5. The molecule has 7 nitrogen and oxygen atoms in total. The van der Waals surface area contributed by atoms with Crippen molar-refractivity contribution in [3.05, 3.63) is 40.8 Å². The summed E-state index contributed by atoms with van der Waals surface area (Å²) in [5.74, 6) is 1.17. The lowest BCUT2D eigenvalue weighted by molar-refractivity contribution is 0.0687. The van der Waals surface area contributed by atoms with Crippen molar-refractivity contribution >= 4 is 5.91 Å². The van der Waals surface area contributed by atoms with E-state index in [0.29, 0.717) is 12.3 Å². The van der Waals surface area contributed by atoms with Gasteiger partial charge in [0.05, 0.1) is 11.7 Å². The third-order valence-electron chi connectivity index (χ3n) is 5.29. The SMILES string of the molecule is CC(C)c1cc(C(=O)N2CCC[C@@H]2c2ncc3c(n2)CCN(C)C3)on1. The number of hydrogen-bond acceptors (Lipinski definition) is 6. The second-order valence-electron chi connectivity index (χ2n) is 7.62. The molecule has 2 aromatic heterocycles. The molecule has 0 bridgehead atoms. The van der Waals surface area contributed by atoms with Gasteiger partial charge in [-0.25, -0.2) is 9.97 Å². The fraction of sp³-hybridized carbons (Fsp3) is 0.579. The molecule has 138 valence electrons. The second-order valence-corrected chi connectivity index (χ2v) is 7.62. The Morgan fingerprint density at radius 3 is 2.96 bits per heavy atom. The first kappa shape index (κ1) is 17.1. The fourth-order valence-corrected chi connectivity index (χ4v) is 3.71.